The summed E-state index contributed by atoms with van der Waals surface area (Å²) in [5.74, 6) is 1.89. The van der Waals surface area contributed by atoms with Gasteiger partial charge in [0.1, 0.15) is 11.5 Å². The molecular weight excluding hydrogens is 544 g/mol. The largest absolute Gasteiger partial charge is 0.457 e. The Morgan fingerprint density at radius 2 is 1.00 bits per heavy atom. The summed E-state index contributed by atoms with van der Waals surface area (Å²) in [6, 6.07) is 54.0. The first-order valence-corrected chi connectivity index (χ1v) is 15.9. The van der Waals surface area contributed by atoms with Crippen LogP contribution in [0.25, 0.3) is 44.2 Å². The number of rotatable bonds is 1. The number of para-hydroxylation sites is 1. The molecular formula is C44H30O. The zero-order valence-corrected chi connectivity index (χ0v) is 25.3. The van der Waals surface area contributed by atoms with E-state index in [0.29, 0.717) is 0 Å². The lowest BCUT2D eigenvalue weighted by molar-refractivity contribution is 0.418. The fourth-order valence-electron chi connectivity index (χ4n) is 8.84. The summed E-state index contributed by atoms with van der Waals surface area (Å²) in [5, 5.41) is 2.64. The molecule has 212 valence electrons. The van der Waals surface area contributed by atoms with Crippen LogP contribution in [0.15, 0.2) is 146 Å². The van der Waals surface area contributed by atoms with Gasteiger partial charge in [0.25, 0.3) is 0 Å². The SMILES string of the molecule is CC1(C)c2ccccc2Oc2cc(-c3cccc4c3-c3ccccc3C43c4ccccc4-c4cccc5cccc3c45)ccc21. The molecule has 1 atom stereocenters. The molecule has 1 heteroatoms. The topological polar surface area (TPSA) is 9.23 Å². The van der Waals surface area contributed by atoms with Crippen molar-refractivity contribution < 1.29 is 4.74 Å². The van der Waals surface area contributed by atoms with E-state index in [1.165, 1.54) is 77.5 Å². The van der Waals surface area contributed by atoms with Gasteiger partial charge in [-0.05, 0) is 78.5 Å². The van der Waals surface area contributed by atoms with Crippen LogP contribution in [0, 0.1) is 0 Å². The minimum absolute atomic E-state index is 0.143. The van der Waals surface area contributed by atoms with Gasteiger partial charge in [0.2, 0.25) is 0 Å². The second-order valence-corrected chi connectivity index (χ2v) is 13.2. The van der Waals surface area contributed by atoms with Crippen LogP contribution in [0.2, 0.25) is 0 Å². The third kappa shape index (κ3) is 3.03. The molecule has 0 bridgehead atoms. The highest BCUT2D eigenvalue weighted by Gasteiger charge is 2.50. The van der Waals surface area contributed by atoms with Crippen molar-refractivity contribution >= 4 is 10.8 Å². The molecule has 1 heterocycles. The summed E-state index contributed by atoms with van der Waals surface area (Å²) < 4.78 is 6.60. The van der Waals surface area contributed by atoms with Gasteiger partial charge in [0, 0.05) is 16.5 Å². The van der Waals surface area contributed by atoms with Crippen LogP contribution in [0.4, 0.5) is 0 Å². The monoisotopic (exact) mass is 574 g/mol. The molecule has 0 saturated heterocycles. The Kier molecular flexibility index (Phi) is 4.78. The minimum atomic E-state index is -0.419. The molecule has 7 aromatic carbocycles. The van der Waals surface area contributed by atoms with E-state index in [0.717, 1.165) is 11.5 Å². The number of hydrogen-bond acceptors (Lipinski definition) is 1. The van der Waals surface area contributed by atoms with E-state index in [1.54, 1.807) is 0 Å². The highest BCUT2D eigenvalue weighted by atomic mass is 16.5. The quantitative estimate of drug-likeness (QED) is 0.189. The maximum Gasteiger partial charge on any atom is 0.132 e. The molecule has 0 fully saturated rings. The Balaban J connectivity index is 1.28. The van der Waals surface area contributed by atoms with Gasteiger partial charge in [0.15, 0.2) is 0 Å². The molecule has 0 N–H and O–H groups in total. The van der Waals surface area contributed by atoms with Crippen molar-refractivity contribution in [2.24, 2.45) is 0 Å². The van der Waals surface area contributed by atoms with Crippen LogP contribution in [0.3, 0.4) is 0 Å². The molecule has 10 rings (SSSR count). The first-order valence-electron chi connectivity index (χ1n) is 15.9. The van der Waals surface area contributed by atoms with E-state index in [-0.39, 0.29) is 5.41 Å². The minimum Gasteiger partial charge on any atom is -0.457 e. The maximum atomic E-state index is 6.60. The molecule has 7 aromatic rings. The first-order chi connectivity index (χ1) is 22.1. The van der Waals surface area contributed by atoms with Gasteiger partial charge in [0.05, 0.1) is 5.41 Å². The van der Waals surface area contributed by atoms with Gasteiger partial charge in [-0.2, -0.15) is 0 Å². The van der Waals surface area contributed by atoms with Crippen LogP contribution in [-0.2, 0) is 10.8 Å². The molecule has 1 spiro atoms. The summed E-state index contributed by atoms with van der Waals surface area (Å²) >= 11 is 0. The molecule has 0 radical (unpaired) electrons. The van der Waals surface area contributed by atoms with Gasteiger partial charge in [-0.3, -0.25) is 0 Å². The normalized spacial score (nSPS) is 17.6. The maximum absolute atomic E-state index is 6.60. The highest BCUT2D eigenvalue weighted by Crippen LogP contribution is 2.63. The van der Waals surface area contributed by atoms with Gasteiger partial charge in [-0.15, -0.1) is 0 Å². The smallest absolute Gasteiger partial charge is 0.132 e. The number of benzene rings is 7. The van der Waals surface area contributed by atoms with Crippen LogP contribution in [0.1, 0.15) is 47.2 Å². The van der Waals surface area contributed by atoms with E-state index in [4.69, 9.17) is 4.74 Å². The van der Waals surface area contributed by atoms with E-state index >= 15 is 0 Å². The summed E-state index contributed by atoms with van der Waals surface area (Å²) in [7, 11) is 0. The van der Waals surface area contributed by atoms with E-state index < -0.39 is 5.41 Å². The lowest BCUT2D eigenvalue weighted by Crippen LogP contribution is -2.31. The average molecular weight is 575 g/mol. The van der Waals surface area contributed by atoms with Gasteiger partial charge in [-0.25, -0.2) is 0 Å². The van der Waals surface area contributed by atoms with Crippen molar-refractivity contribution in [3.8, 4) is 44.9 Å². The standard InChI is InChI=1S/C44H30O/c1-43(2)35-20-7-8-23-39(35)45-40-26-28(24-25-36(40)43)29-16-11-22-38-42(29)32-15-4-6-19-34(32)44(38)33-18-5-3-14-30(33)31-17-9-12-27-13-10-21-37(44)41(27)31/h3-26H,1-2H3. The number of fused-ring (bicyclic) bond motifs is 11. The summed E-state index contributed by atoms with van der Waals surface area (Å²) in [4.78, 5) is 0. The van der Waals surface area contributed by atoms with Gasteiger partial charge >= 0.3 is 0 Å². The molecule has 1 nitrogen and oxygen atoms in total. The third-order valence-electron chi connectivity index (χ3n) is 10.7. The summed E-state index contributed by atoms with van der Waals surface area (Å²) in [5.41, 5.74) is 15.0. The molecule has 45 heavy (non-hydrogen) atoms. The Labute approximate surface area is 263 Å². The van der Waals surface area contributed by atoms with Crippen molar-refractivity contribution in [2.75, 3.05) is 0 Å². The van der Waals surface area contributed by atoms with Gasteiger partial charge < -0.3 is 4.74 Å². The van der Waals surface area contributed by atoms with Crippen molar-refractivity contribution in [3.63, 3.8) is 0 Å². The molecule has 0 amide bonds. The fraction of sp³-hybridized carbons (Fsp3) is 0.0909. The van der Waals surface area contributed by atoms with Crippen LogP contribution in [-0.4, -0.2) is 0 Å². The molecule has 0 saturated carbocycles. The molecule has 0 aromatic heterocycles. The van der Waals surface area contributed by atoms with E-state index in [2.05, 4.69) is 159 Å². The Morgan fingerprint density at radius 3 is 1.84 bits per heavy atom. The van der Waals surface area contributed by atoms with Crippen molar-refractivity contribution in [2.45, 2.75) is 24.7 Å². The Hall–Kier alpha value is -5.40. The first kappa shape index (κ1) is 25.0. The van der Waals surface area contributed by atoms with Gasteiger partial charge in [-0.1, -0.05) is 147 Å². The molecule has 2 aliphatic carbocycles. The Morgan fingerprint density at radius 1 is 0.422 bits per heavy atom. The van der Waals surface area contributed by atoms with Crippen LogP contribution < -0.4 is 4.74 Å². The van der Waals surface area contributed by atoms with Crippen LogP contribution >= 0.6 is 0 Å². The van der Waals surface area contributed by atoms with Crippen molar-refractivity contribution in [3.05, 3.63) is 179 Å². The predicted molar refractivity (Wildman–Crippen MR) is 184 cm³/mol. The molecule has 1 unspecified atom stereocenters. The third-order valence-corrected chi connectivity index (χ3v) is 10.7. The average Bonchev–Trinajstić information content (AvgIpc) is 3.38. The number of hydrogen-bond donors (Lipinski definition) is 0. The lowest BCUT2D eigenvalue weighted by Gasteiger charge is -2.40. The predicted octanol–water partition coefficient (Wildman–Crippen LogP) is 11.3. The summed E-state index contributed by atoms with van der Waals surface area (Å²) in [6.45, 7) is 4.60. The van der Waals surface area contributed by atoms with Crippen LogP contribution in [0.5, 0.6) is 11.5 Å². The summed E-state index contributed by atoms with van der Waals surface area (Å²) in [6.07, 6.45) is 0. The van der Waals surface area contributed by atoms with E-state index in [9.17, 15) is 0 Å². The highest BCUT2D eigenvalue weighted by molar-refractivity contribution is 6.08. The second-order valence-electron chi connectivity index (χ2n) is 13.2. The second kappa shape index (κ2) is 8.61. The zero-order chi connectivity index (χ0) is 29.9. The zero-order valence-electron chi connectivity index (χ0n) is 25.3. The van der Waals surface area contributed by atoms with E-state index in [1.807, 2.05) is 0 Å². The molecule has 1 aliphatic heterocycles. The number of ether oxygens (including phenoxy) is 1. The van der Waals surface area contributed by atoms with Crippen molar-refractivity contribution in [1.82, 2.24) is 0 Å². The lowest BCUT2D eigenvalue weighted by atomic mass is 9.61. The Bertz CT molecular complexity index is 2390. The van der Waals surface area contributed by atoms with Crippen molar-refractivity contribution in [1.29, 1.82) is 0 Å². The fourth-order valence-corrected chi connectivity index (χ4v) is 8.84. The molecule has 3 aliphatic rings.